The molecule has 0 aromatic carbocycles. The molecule has 5 N–H and O–H groups in total. The van der Waals surface area contributed by atoms with Crippen LogP contribution in [0.1, 0.15) is 76.6 Å². The van der Waals surface area contributed by atoms with E-state index < -0.39 is 49.7 Å². The molecule has 0 saturated heterocycles. The lowest BCUT2D eigenvalue weighted by Gasteiger charge is -2.26. The summed E-state index contributed by atoms with van der Waals surface area (Å²) in [6.07, 6.45) is 3.65. The Balaban J connectivity index is 2.08. The molecule has 1 amide bonds. The average molecular weight is 559 g/mol. The van der Waals surface area contributed by atoms with E-state index in [0.29, 0.717) is 18.6 Å². The van der Waals surface area contributed by atoms with Crippen molar-refractivity contribution < 1.29 is 38.3 Å². The minimum absolute atomic E-state index is 0.0681. The average Bonchev–Trinajstić information content (AvgIpc) is 3.49. The molecule has 0 fully saturated rings. The summed E-state index contributed by atoms with van der Waals surface area (Å²) >= 11 is 0. The quantitative estimate of drug-likeness (QED) is 0.122. The van der Waals surface area contributed by atoms with Crippen LogP contribution in [0.25, 0.3) is 0 Å². The van der Waals surface area contributed by atoms with Crippen molar-refractivity contribution in [1.29, 1.82) is 0 Å². The Hall–Kier alpha value is -2.80. The van der Waals surface area contributed by atoms with Crippen LogP contribution in [-0.4, -0.2) is 75.3 Å². The third-order valence-corrected chi connectivity index (χ3v) is 8.04. The predicted octanol–water partition coefficient (Wildman–Crippen LogP) is 1.38. The number of aliphatic hydroxyl groups excluding tert-OH is 1. The highest BCUT2D eigenvalue weighted by Gasteiger charge is 2.35. The molecule has 4 atom stereocenters. The van der Waals surface area contributed by atoms with Gasteiger partial charge in [-0.05, 0) is 32.8 Å². The molecule has 0 radical (unpaired) electrons. The molecule has 1 aromatic heterocycles. The van der Waals surface area contributed by atoms with Gasteiger partial charge >= 0.3 is 11.9 Å². The standard InChI is InChI=1S/C23H39N6O8P/c1-5-7-10-35-22(32)15(3)27-38(34,28-16(4)23(33)36-11-8-6-2)12-9-17-13-18(30)21(37-17)29-14-25-20(26-29)19(24)31/h13-16,18,21,30H,5-12H2,1-4H3,(H2,24,31)(H2,27,28,34)/t15-,16-,18+,21+/m0/s1. The summed E-state index contributed by atoms with van der Waals surface area (Å²) < 4.78 is 31.3. The number of allylic oxidation sites excluding steroid dienone is 1. The first kappa shape index (κ1) is 31.4. The zero-order chi connectivity index (χ0) is 28.3. The molecule has 214 valence electrons. The van der Waals surface area contributed by atoms with Crippen molar-refractivity contribution in [2.24, 2.45) is 5.73 Å². The Labute approximate surface area is 222 Å². The van der Waals surface area contributed by atoms with E-state index in [-0.39, 0.29) is 31.6 Å². The van der Waals surface area contributed by atoms with E-state index in [1.165, 1.54) is 26.3 Å². The Kier molecular flexibility index (Phi) is 12.4. The van der Waals surface area contributed by atoms with E-state index in [9.17, 15) is 24.1 Å². The van der Waals surface area contributed by atoms with Crippen LogP contribution < -0.4 is 15.9 Å². The van der Waals surface area contributed by atoms with Crippen LogP contribution in [0.15, 0.2) is 18.2 Å². The summed E-state index contributed by atoms with van der Waals surface area (Å²) in [5.74, 6) is -1.89. The van der Waals surface area contributed by atoms with Crippen molar-refractivity contribution in [2.45, 2.75) is 84.2 Å². The van der Waals surface area contributed by atoms with Crippen molar-refractivity contribution in [3.05, 3.63) is 24.0 Å². The van der Waals surface area contributed by atoms with Gasteiger partial charge in [-0.2, -0.15) is 0 Å². The molecular formula is C23H39N6O8P. The highest BCUT2D eigenvalue weighted by Crippen LogP contribution is 2.41. The van der Waals surface area contributed by atoms with Gasteiger partial charge in [0.1, 0.15) is 24.5 Å². The second-order valence-electron chi connectivity index (χ2n) is 9.00. The molecule has 0 aliphatic carbocycles. The predicted molar refractivity (Wildman–Crippen MR) is 137 cm³/mol. The van der Waals surface area contributed by atoms with E-state index in [1.807, 2.05) is 13.8 Å². The van der Waals surface area contributed by atoms with E-state index in [2.05, 4.69) is 20.3 Å². The zero-order valence-electron chi connectivity index (χ0n) is 22.3. The fourth-order valence-corrected chi connectivity index (χ4v) is 5.78. The number of unbranched alkanes of at least 4 members (excludes halogenated alkanes) is 2. The number of esters is 2. The summed E-state index contributed by atoms with van der Waals surface area (Å²) in [6.45, 7) is 7.49. The molecular weight excluding hydrogens is 519 g/mol. The van der Waals surface area contributed by atoms with Crippen LogP contribution >= 0.6 is 7.44 Å². The van der Waals surface area contributed by atoms with Crippen LogP contribution in [0, 0.1) is 0 Å². The first-order valence-electron chi connectivity index (χ1n) is 12.7. The SMILES string of the molecule is CCCCOC(=O)[C@H](C)NP(=O)(CCC1=C[C@@H](O)[C@H](n2cnc(C(N)=O)n2)O1)N[C@@H](C)C(=O)OCCCC. The Morgan fingerprint density at radius 3 is 2.16 bits per heavy atom. The number of amides is 1. The smallest absolute Gasteiger partial charge is 0.323 e. The van der Waals surface area contributed by atoms with E-state index in [1.54, 1.807) is 0 Å². The highest BCUT2D eigenvalue weighted by molar-refractivity contribution is 7.59. The van der Waals surface area contributed by atoms with Crippen molar-refractivity contribution in [2.75, 3.05) is 19.4 Å². The van der Waals surface area contributed by atoms with Gasteiger partial charge in [-0.1, -0.05) is 26.7 Å². The lowest BCUT2D eigenvalue weighted by atomic mass is 10.3. The lowest BCUT2D eigenvalue weighted by molar-refractivity contribution is -0.145. The minimum Gasteiger partial charge on any atom is -0.470 e. The molecule has 2 heterocycles. The van der Waals surface area contributed by atoms with Gasteiger partial charge in [0.15, 0.2) is 0 Å². The fraction of sp³-hybridized carbons (Fsp3) is 0.696. The third-order valence-electron chi connectivity index (χ3n) is 5.58. The fourth-order valence-electron chi connectivity index (χ4n) is 3.45. The number of rotatable bonds is 17. The Morgan fingerprint density at radius 1 is 1.13 bits per heavy atom. The number of nitrogens with one attached hydrogen (secondary N) is 2. The molecule has 1 aliphatic heterocycles. The van der Waals surface area contributed by atoms with Crippen molar-refractivity contribution >= 4 is 25.3 Å². The maximum Gasteiger partial charge on any atom is 0.323 e. The number of primary amides is 1. The number of aliphatic hydroxyl groups is 1. The van der Waals surface area contributed by atoms with E-state index >= 15 is 0 Å². The lowest BCUT2D eigenvalue weighted by Crippen LogP contribution is -2.42. The molecule has 0 spiro atoms. The van der Waals surface area contributed by atoms with Crippen LogP contribution in [0.5, 0.6) is 0 Å². The van der Waals surface area contributed by atoms with Crippen LogP contribution in [0.2, 0.25) is 0 Å². The number of hydrogen-bond donors (Lipinski definition) is 4. The molecule has 1 aliphatic rings. The van der Waals surface area contributed by atoms with Gasteiger partial charge in [-0.15, -0.1) is 5.10 Å². The molecule has 0 bridgehead atoms. The normalized spacial score (nSPS) is 18.8. The van der Waals surface area contributed by atoms with Crippen LogP contribution in [0.3, 0.4) is 0 Å². The number of carbonyl (C=O) groups excluding carboxylic acids is 3. The zero-order valence-corrected chi connectivity index (χ0v) is 23.2. The molecule has 0 saturated carbocycles. The van der Waals surface area contributed by atoms with Crippen molar-refractivity contribution in [1.82, 2.24) is 24.9 Å². The van der Waals surface area contributed by atoms with Gasteiger partial charge in [0.05, 0.1) is 19.0 Å². The number of nitrogens with two attached hydrogens (primary N) is 1. The Morgan fingerprint density at radius 2 is 1.68 bits per heavy atom. The number of hydrogen-bond acceptors (Lipinski definition) is 10. The molecule has 1 aromatic rings. The van der Waals surface area contributed by atoms with Gasteiger partial charge in [0.25, 0.3) is 5.91 Å². The maximum absolute atomic E-state index is 13.9. The Bertz CT molecular complexity index is 997. The highest BCUT2D eigenvalue weighted by atomic mass is 31.2. The number of aromatic nitrogens is 3. The summed E-state index contributed by atoms with van der Waals surface area (Å²) in [4.78, 5) is 39.8. The van der Waals surface area contributed by atoms with Gasteiger partial charge in [0.2, 0.25) is 19.5 Å². The molecule has 38 heavy (non-hydrogen) atoms. The van der Waals surface area contributed by atoms with E-state index in [4.69, 9.17) is 19.9 Å². The summed E-state index contributed by atoms with van der Waals surface area (Å²) in [6, 6.07) is -1.85. The molecule has 2 rings (SSSR count). The number of ether oxygens (including phenoxy) is 3. The minimum atomic E-state index is -3.59. The second-order valence-corrected chi connectivity index (χ2v) is 11.4. The topological polar surface area (TPSA) is 197 Å². The first-order valence-corrected chi connectivity index (χ1v) is 14.6. The second kappa shape index (κ2) is 15.0. The van der Waals surface area contributed by atoms with E-state index in [0.717, 1.165) is 17.5 Å². The van der Waals surface area contributed by atoms with Gasteiger partial charge in [-0.25, -0.2) is 19.8 Å². The number of carbonyl (C=O) groups is 3. The van der Waals surface area contributed by atoms with Crippen LogP contribution in [0.4, 0.5) is 0 Å². The maximum atomic E-state index is 13.9. The number of nitrogens with zero attached hydrogens (tertiary/aromatic N) is 3. The monoisotopic (exact) mass is 558 g/mol. The largest absolute Gasteiger partial charge is 0.470 e. The summed E-state index contributed by atoms with van der Waals surface area (Å²) in [5.41, 5.74) is 5.17. The van der Waals surface area contributed by atoms with Crippen molar-refractivity contribution in [3.8, 4) is 0 Å². The molecule has 15 heteroatoms. The van der Waals surface area contributed by atoms with Crippen LogP contribution in [-0.2, 0) is 28.4 Å². The first-order chi connectivity index (χ1) is 18.0. The molecule has 0 unspecified atom stereocenters. The summed E-state index contributed by atoms with van der Waals surface area (Å²) in [7, 11) is -3.59. The summed E-state index contributed by atoms with van der Waals surface area (Å²) in [5, 5.41) is 19.9. The van der Waals surface area contributed by atoms with Gasteiger partial charge in [0, 0.05) is 12.6 Å². The van der Waals surface area contributed by atoms with Gasteiger partial charge in [-0.3, -0.25) is 18.9 Å². The van der Waals surface area contributed by atoms with Crippen molar-refractivity contribution in [3.63, 3.8) is 0 Å². The molecule has 14 nitrogen and oxygen atoms in total. The third kappa shape index (κ3) is 9.50. The van der Waals surface area contributed by atoms with Gasteiger partial charge < -0.3 is 25.1 Å².